The summed E-state index contributed by atoms with van der Waals surface area (Å²) in [7, 11) is 1.67. The lowest BCUT2D eigenvalue weighted by molar-refractivity contribution is 0.302. The van der Waals surface area contributed by atoms with Crippen molar-refractivity contribution in [3.63, 3.8) is 0 Å². The SMILES string of the molecule is COc1cccc(OCCCCCCNCC(C)C)c1. The van der Waals surface area contributed by atoms with Crippen molar-refractivity contribution in [1.29, 1.82) is 0 Å². The summed E-state index contributed by atoms with van der Waals surface area (Å²) in [5.74, 6) is 2.48. The summed E-state index contributed by atoms with van der Waals surface area (Å²) >= 11 is 0. The fraction of sp³-hybridized carbons (Fsp3) is 0.647. The van der Waals surface area contributed by atoms with Gasteiger partial charge in [-0.2, -0.15) is 0 Å². The van der Waals surface area contributed by atoms with E-state index in [0.717, 1.165) is 43.5 Å². The van der Waals surface area contributed by atoms with Crippen LogP contribution in [0.15, 0.2) is 24.3 Å². The first kappa shape index (κ1) is 16.8. The summed E-state index contributed by atoms with van der Waals surface area (Å²) in [6, 6.07) is 7.78. The number of benzene rings is 1. The average Bonchev–Trinajstić information content (AvgIpc) is 2.45. The number of unbranched alkanes of at least 4 members (excludes halogenated alkanes) is 3. The van der Waals surface area contributed by atoms with E-state index < -0.39 is 0 Å². The monoisotopic (exact) mass is 279 g/mol. The summed E-state index contributed by atoms with van der Waals surface area (Å²) in [4.78, 5) is 0. The van der Waals surface area contributed by atoms with Gasteiger partial charge in [-0.1, -0.05) is 32.8 Å². The Kier molecular flexibility index (Phi) is 8.88. The smallest absolute Gasteiger partial charge is 0.122 e. The van der Waals surface area contributed by atoms with Gasteiger partial charge in [0.05, 0.1) is 13.7 Å². The minimum absolute atomic E-state index is 0.742. The molecule has 1 aromatic rings. The molecule has 0 saturated carbocycles. The second-order valence-corrected chi connectivity index (χ2v) is 5.54. The van der Waals surface area contributed by atoms with E-state index >= 15 is 0 Å². The van der Waals surface area contributed by atoms with Crippen molar-refractivity contribution in [1.82, 2.24) is 5.32 Å². The molecule has 3 nitrogen and oxygen atoms in total. The van der Waals surface area contributed by atoms with E-state index in [2.05, 4.69) is 19.2 Å². The molecule has 1 rings (SSSR count). The molecule has 0 bridgehead atoms. The Balaban J connectivity index is 1.96. The maximum atomic E-state index is 5.71. The van der Waals surface area contributed by atoms with Crippen molar-refractivity contribution in [3.05, 3.63) is 24.3 Å². The molecule has 20 heavy (non-hydrogen) atoms. The highest BCUT2D eigenvalue weighted by Crippen LogP contribution is 2.19. The molecule has 0 heterocycles. The minimum Gasteiger partial charge on any atom is -0.497 e. The molecule has 0 aliphatic rings. The molecule has 0 aromatic heterocycles. The van der Waals surface area contributed by atoms with Crippen LogP contribution in [-0.4, -0.2) is 26.8 Å². The highest BCUT2D eigenvalue weighted by atomic mass is 16.5. The Hall–Kier alpha value is -1.22. The normalized spacial score (nSPS) is 10.8. The van der Waals surface area contributed by atoms with Crippen LogP contribution >= 0.6 is 0 Å². The van der Waals surface area contributed by atoms with Crippen molar-refractivity contribution in [3.8, 4) is 11.5 Å². The molecule has 0 radical (unpaired) electrons. The van der Waals surface area contributed by atoms with Gasteiger partial charge in [0.1, 0.15) is 11.5 Å². The van der Waals surface area contributed by atoms with Gasteiger partial charge in [0.15, 0.2) is 0 Å². The lowest BCUT2D eigenvalue weighted by atomic mass is 10.2. The summed E-state index contributed by atoms with van der Waals surface area (Å²) in [5.41, 5.74) is 0. The molecule has 0 unspecified atom stereocenters. The van der Waals surface area contributed by atoms with Gasteiger partial charge in [-0.25, -0.2) is 0 Å². The lowest BCUT2D eigenvalue weighted by Crippen LogP contribution is -2.20. The van der Waals surface area contributed by atoms with Crippen LogP contribution in [0.2, 0.25) is 0 Å². The van der Waals surface area contributed by atoms with E-state index in [4.69, 9.17) is 9.47 Å². The van der Waals surface area contributed by atoms with Crippen LogP contribution in [0.25, 0.3) is 0 Å². The number of hydrogen-bond acceptors (Lipinski definition) is 3. The van der Waals surface area contributed by atoms with E-state index in [9.17, 15) is 0 Å². The summed E-state index contributed by atoms with van der Waals surface area (Å²) < 4.78 is 10.9. The second-order valence-electron chi connectivity index (χ2n) is 5.54. The molecule has 114 valence electrons. The number of methoxy groups -OCH3 is 1. The zero-order valence-corrected chi connectivity index (χ0v) is 13.2. The number of ether oxygens (including phenoxy) is 2. The van der Waals surface area contributed by atoms with Crippen LogP contribution in [0.4, 0.5) is 0 Å². The molecule has 0 atom stereocenters. The number of rotatable bonds is 11. The second kappa shape index (κ2) is 10.6. The molecule has 0 fully saturated rings. The zero-order valence-electron chi connectivity index (χ0n) is 13.2. The largest absolute Gasteiger partial charge is 0.497 e. The van der Waals surface area contributed by atoms with E-state index in [1.54, 1.807) is 7.11 Å². The average molecular weight is 279 g/mol. The Bertz CT molecular complexity index is 353. The Morgan fingerprint density at radius 2 is 1.80 bits per heavy atom. The first-order chi connectivity index (χ1) is 9.72. The van der Waals surface area contributed by atoms with Crippen molar-refractivity contribution >= 4 is 0 Å². The maximum absolute atomic E-state index is 5.71. The summed E-state index contributed by atoms with van der Waals surface area (Å²) in [5, 5.41) is 3.47. The van der Waals surface area contributed by atoms with Gasteiger partial charge in [0, 0.05) is 6.07 Å². The molecule has 1 aromatic carbocycles. The molecule has 0 aliphatic heterocycles. The fourth-order valence-electron chi connectivity index (χ4n) is 1.98. The quantitative estimate of drug-likeness (QED) is 0.624. The van der Waals surface area contributed by atoms with Gasteiger partial charge < -0.3 is 14.8 Å². The fourth-order valence-corrected chi connectivity index (χ4v) is 1.98. The topological polar surface area (TPSA) is 30.5 Å². The van der Waals surface area contributed by atoms with Gasteiger partial charge in [0.2, 0.25) is 0 Å². The van der Waals surface area contributed by atoms with Crippen molar-refractivity contribution < 1.29 is 9.47 Å². The lowest BCUT2D eigenvalue weighted by Gasteiger charge is -2.08. The van der Waals surface area contributed by atoms with Crippen molar-refractivity contribution in [2.75, 3.05) is 26.8 Å². The van der Waals surface area contributed by atoms with Crippen LogP contribution < -0.4 is 14.8 Å². The van der Waals surface area contributed by atoms with E-state index in [1.165, 1.54) is 19.3 Å². The van der Waals surface area contributed by atoms with E-state index in [-0.39, 0.29) is 0 Å². The van der Waals surface area contributed by atoms with Gasteiger partial charge in [-0.05, 0) is 44.0 Å². The summed E-state index contributed by atoms with van der Waals surface area (Å²) in [6.45, 7) is 7.52. The Labute approximate surface area is 123 Å². The van der Waals surface area contributed by atoms with Crippen LogP contribution in [0.5, 0.6) is 11.5 Å². The zero-order chi connectivity index (χ0) is 14.6. The van der Waals surface area contributed by atoms with Crippen molar-refractivity contribution in [2.45, 2.75) is 39.5 Å². The van der Waals surface area contributed by atoms with Gasteiger partial charge >= 0.3 is 0 Å². The summed E-state index contributed by atoms with van der Waals surface area (Å²) in [6.07, 6.45) is 4.87. The predicted octanol–water partition coefficient (Wildman–Crippen LogP) is 3.88. The van der Waals surface area contributed by atoms with Crippen molar-refractivity contribution in [2.24, 2.45) is 5.92 Å². The molecule has 3 heteroatoms. The standard InChI is InChI=1S/C17H29NO2/c1-15(2)14-18-11-6-4-5-7-12-20-17-10-8-9-16(13-17)19-3/h8-10,13,15,18H,4-7,11-12,14H2,1-3H3. The first-order valence-corrected chi connectivity index (χ1v) is 7.70. The molecule has 0 aliphatic carbocycles. The third-order valence-electron chi connectivity index (χ3n) is 3.11. The third kappa shape index (κ3) is 8.05. The molecule has 0 spiro atoms. The number of hydrogen-bond donors (Lipinski definition) is 1. The maximum Gasteiger partial charge on any atom is 0.122 e. The Morgan fingerprint density at radius 1 is 1.05 bits per heavy atom. The molecular weight excluding hydrogens is 250 g/mol. The Morgan fingerprint density at radius 3 is 2.55 bits per heavy atom. The number of nitrogens with one attached hydrogen (secondary N) is 1. The third-order valence-corrected chi connectivity index (χ3v) is 3.11. The van der Waals surface area contributed by atoms with Gasteiger partial charge in [0.25, 0.3) is 0 Å². The van der Waals surface area contributed by atoms with Crippen LogP contribution in [0.3, 0.4) is 0 Å². The molecule has 1 N–H and O–H groups in total. The van der Waals surface area contributed by atoms with Gasteiger partial charge in [-0.15, -0.1) is 0 Å². The minimum atomic E-state index is 0.742. The molecular formula is C17H29NO2. The van der Waals surface area contributed by atoms with Crippen LogP contribution in [-0.2, 0) is 0 Å². The van der Waals surface area contributed by atoms with Crippen LogP contribution in [0, 0.1) is 5.92 Å². The van der Waals surface area contributed by atoms with Crippen LogP contribution in [0.1, 0.15) is 39.5 Å². The highest BCUT2D eigenvalue weighted by molar-refractivity contribution is 5.32. The molecule has 0 saturated heterocycles. The first-order valence-electron chi connectivity index (χ1n) is 7.70. The van der Waals surface area contributed by atoms with Gasteiger partial charge in [-0.3, -0.25) is 0 Å². The van der Waals surface area contributed by atoms with E-state index in [1.807, 2.05) is 24.3 Å². The van der Waals surface area contributed by atoms with E-state index in [0.29, 0.717) is 0 Å². The molecule has 0 amide bonds. The highest BCUT2D eigenvalue weighted by Gasteiger charge is 1.97. The predicted molar refractivity (Wildman–Crippen MR) is 84.7 cm³/mol.